The summed E-state index contributed by atoms with van der Waals surface area (Å²) in [5.41, 5.74) is 8.36. The van der Waals surface area contributed by atoms with Crippen LogP contribution in [0.1, 0.15) is 80.1 Å². The molecule has 4 fully saturated rings. The molecule has 3 nitrogen and oxygen atoms in total. The first-order valence-electron chi connectivity index (χ1n) is 16.4. The Kier molecular flexibility index (Phi) is 7.44. The minimum atomic E-state index is -2.42. The molecule has 0 saturated heterocycles. The molecule has 4 saturated carbocycles. The second-order valence-corrected chi connectivity index (χ2v) is 37.7. The smallest absolute Gasteiger partial charge is 0.352 e. The number of benzene rings is 1. The van der Waals surface area contributed by atoms with Crippen LogP contribution in [0.2, 0.25) is 39.3 Å². The van der Waals surface area contributed by atoms with Crippen molar-refractivity contribution in [2.24, 2.45) is 34.0 Å². The third-order valence-electron chi connectivity index (χ3n) is 10.1. The molecular formula is C34H61N3Si3. The molecule has 224 valence electrons. The second kappa shape index (κ2) is 9.77. The van der Waals surface area contributed by atoms with Crippen LogP contribution >= 0.6 is 0 Å². The number of allylic oxidation sites excluding steroid dienone is 1. The Morgan fingerprint density at radius 2 is 1.20 bits per heavy atom. The average molecular weight is 596 g/mol. The summed E-state index contributed by atoms with van der Waals surface area (Å²) >= 11 is 0. The monoisotopic (exact) mass is 595 g/mol. The van der Waals surface area contributed by atoms with Crippen LogP contribution in [-0.4, -0.2) is 36.8 Å². The highest BCUT2D eigenvalue weighted by Crippen LogP contribution is 2.63. The molecule has 0 amide bonds. The van der Waals surface area contributed by atoms with E-state index in [1.54, 1.807) is 5.70 Å². The molecule has 0 aromatic heterocycles. The largest absolute Gasteiger partial charge is 0.384 e. The predicted octanol–water partition coefficient (Wildman–Crippen LogP) is 9.33. The Labute approximate surface area is 250 Å². The van der Waals surface area contributed by atoms with Crippen LogP contribution in [0.15, 0.2) is 35.7 Å². The molecule has 0 atom stereocenters. The van der Waals surface area contributed by atoms with Gasteiger partial charge in [0.1, 0.15) is 7.59 Å². The number of rotatable bonds is 7. The zero-order chi connectivity index (χ0) is 29.5. The van der Waals surface area contributed by atoms with Crippen molar-refractivity contribution in [3.8, 4) is 0 Å². The van der Waals surface area contributed by atoms with Gasteiger partial charge in [-0.2, -0.15) is 0 Å². The van der Waals surface area contributed by atoms with Crippen LogP contribution in [-0.2, 0) is 0 Å². The number of fused-ring (bicyclic) bond motifs is 1. The van der Waals surface area contributed by atoms with Crippen molar-refractivity contribution in [1.82, 2.24) is 4.98 Å². The molecule has 1 aromatic rings. The maximum absolute atomic E-state index is 4.82. The minimum Gasteiger partial charge on any atom is -0.384 e. The summed E-state index contributed by atoms with van der Waals surface area (Å²) in [7, 11) is -5.70. The number of hydrogen-bond donors (Lipinski definition) is 1. The normalized spacial score (nSPS) is 30.2. The summed E-state index contributed by atoms with van der Waals surface area (Å²) in [4.78, 5) is 4.82. The molecule has 0 radical (unpaired) electrons. The van der Waals surface area contributed by atoms with Gasteiger partial charge in [-0.25, -0.2) is 0 Å². The molecule has 6 heteroatoms. The molecule has 1 N–H and O–H groups in total. The summed E-state index contributed by atoms with van der Waals surface area (Å²) < 4.78 is 6.00. The van der Waals surface area contributed by atoms with E-state index in [0.29, 0.717) is 5.41 Å². The lowest BCUT2D eigenvalue weighted by Crippen LogP contribution is -2.85. The van der Waals surface area contributed by atoms with Crippen molar-refractivity contribution in [2.45, 2.75) is 119 Å². The molecule has 0 unspecified atom stereocenters. The third kappa shape index (κ3) is 5.67. The fourth-order valence-corrected chi connectivity index (χ4v) is 24.0. The first-order valence-corrected chi connectivity index (χ1v) is 26.3. The Morgan fingerprint density at radius 3 is 1.52 bits per heavy atom. The Hall–Kier alpha value is -0.989. The SMILES string of the molecule is CC(C)(C)CN1c2ccccc2N(CC(C)(C)C)[Si]1(N/C(=C/[Si](C)(C)C)C12CC3CC(CC(C3)C1)C2)[Si](C)(C)C. The number of hydrogen-bond acceptors (Lipinski definition) is 3. The van der Waals surface area contributed by atoms with E-state index in [2.05, 4.69) is 120 Å². The van der Waals surface area contributed by atoms with Gasteiger partial charge in [0.05, 0.1) is 19.4 Å². The molecule has 1 aromatic carbocycles. The first-order chi connectivity index (χ1) is 18.2. The van der Waals surface area contributed by atoms with Crippen LogP contribution in [0.4, 0.5) is 11.4 Å². The molecule has 0 spiro atoms. The quantitative estimate of drug-likeness (QED) is 0.317. The zero-order valence-electron chi connectivity index (χ0n) is 28.2. The molecule has 1 heterocycles. The lowest BCUT2D eigenvalue weighted by Gasteiger charge is -2.60. The van der Waals surface area contributed by atoms with Gasteiger partial charge in [0.25, 0.3) is 0 Å². The summed E-state index contributed by atoms with van der Waals surface area (Å²) in [6.45, 7) is 32.7. The van der Waals surface area contributed by atoms with E-state index in [1.165, 1.54) is 49.9 Å². The summed E-state index contributed by atoms with van der Waals surface area (Å²) in [6.07, 6.45) is 8.83. The molecule has 6 rings (SSSR count). The van der Waals surface area contributed by atoms with Crippen molar-refractivity contribution in [1.29, 1.82) is 0 Å². The van der Waals surface area contributed by atoms with Gasteiger partial charge in [-0.3, -0.25) is 0 Å². The zero-order valence-corrected chi connectivity index (χ0v) is 31.2. The highest BCUT2D eigenvalue weighted by molar-refractivity contribution is 7.43. The average Bonchev–Trinajstić information content (AvgIpc) is 2.99. The van der Waals surface area contributed by atoms with Crippen LogP contribution < -0.4 is 14.1 Å². The van der Waals surface area contributed by atoms with Gasteiger partial charge in [0.15, 0.2) is 0 Å². The van der Waals surface area contributed by atoms with Crippen molar-refractivity contribution < 1.29 is 0 Å². The molecule has 40 heavy (non-hydrogen) atoms. The highest BCUT2D eigenvalue weighted by atomic mass is 29.3. The maximum atomic E-state index is 4.82. The lowest BCUT2D eigenvalue weighted by atomic mass is 9.49. The Balaban J connectivity index is 1.73. The van der Waals surface area contributed by atoms with Gasteiger partial charge in [-0.05, 0) is 79.2 Å². The highest BCUT2D eigenvalue weighted by Gasteiger charge is 2.64. The number of nitrogens with zero attached hydrogens (tertiary/aromatic N) is 2. The lowest BCUT2D eigenvalue weighted by molar-refractivity contribution is -0.0324. The number of nitrogens with one attached hydrogen (secondary N) is 1. The number of anilines is 2. The van der Waals surface area contributed by atoms with E-state index in [0.717, 1.165) is 30.8 Å². The molecule has 4 aliphatic carbocycles. The van der Waals surface area contributed by atoms with Gasteiger partial charge in [0, 0.05) is 24.2 Å². The van der Waals surface area contributed by atoms with Gasteiger partial charge < -0.3 is 14.1 Å². The predicted molar refractivity (Wildman–Crippen MR) is 184 cm³/mol. The van der Waals surface area contributed by atoms with E-state index >= 15 is 0 Å². The van der Waals surface area contributed by atoms with Crippen molar-refractivity contribution in [2.75, 3.05) is 22.2 Å². The van der Waals surface area contributed by atoms with Crippen LogP contribution in [0.5, 0.6) is 0 Å². The maximum Gasteiger partial charge on any atom is 0.352 e. The van der Waals surface area contributed by atoms with Crippen LogP contribution in [0, 0.1) is 34.0 Å². The second-order valence-electron chi connectivity index (χ2n) is 19.0. The Morgan fingerprint density at radius 1 is 0.800 bits per heavy atom. The standard InChI is InChI=1S/C34H61N3Si3/c1-32(2,3)24-36-29-15-13-14-16-30(29)37(25-33(4,5)6)40(36,39(10,11)12)35-31(23-38(7,8)9)34-20-26-17-27(21-34)19-28(18-26)22-34/h13-16,23,26-28,35H,17-22,24-25H2,1-12H3/b31-23+. The number of para-hydroxylation sites is 2. The van der Waals surface area contributed by atoms with E-state index < -0.39 is 23.7 Å². The first kappa shape index (κ1) is 30.5. The summed E-state index contributed by atoms with van der Waals surface area (Å²) in [6, 6.07) is 9.46. The van der Waals surface area contributed by atoms with Gasteiger partial charge in [-0.1, -0.05) is 98.7 Å². The molecule has 1 aliphatic heterocycles. The molecular weight excluding hydrogens is 535 g/mol. The van der Waals surface area contributed by atoms with Crippen molar-refractivity contribution in [3.63, 3.8) is 0 Å². The van der Waals surface area contributed by atoms with Gasteiger partial charge >= 0.3 is 8.08 Å². The minimum absolute atomic E-state index is 0.216. The van der Waals surface area contributed by atoms with E-state index in [1.807, 2.05) is 0 Å². The molecule has 5 aliphatic rings. The van der Waals surface area contributed by atoms with Crippen LogP contribution in [0.3, 0.4) is 0 Å². The van der Waals surface area contributed by atoms with Crippen LogP contribution in [0.25, 0.3) is 0 Å². The fraction of sp³-hybridized carbons (Fsp3) is 0.765. The summed E-state index contributed by atoms with van der Waals surface area (Å²) in [5.74, 6) is 2.87. The van der Waals surface area contributed by atoms with Gasteiger partial charge in [-0.15, -0.1) is 0 Å². The van der Waals surface area contributed by atoms with Crippen molar-refractivity contribution in [3.05, 3.63) is 35.7 Å². The van der Waals surface area contributed by atoms with E-state index in [9.17, 15) is 0 Å². The van der Waals surface area contributed by atoms with Crippen molar-refractivity contribution >= 4 is 35.1 Å². The third-order valence-corrected chi connectivity index (χ3v) is 24.5. The topological polar surface area (TPSA) is 18.5 Å². The van der Waals surface area contributed by atoms with Gasteiger partial charge in [0.2, 0.25) is 0 Å². The Bertz CT molecular complexity index is 1050. The fourth-order valence-electron chi connectivity index (χ4n) is 9.28. The summed E-state index contributed by atoms with van der Waals surface area (Å²) in [5, 5.41) is 0. The molecule has 4 bridgehead atoms. The van der Waals surface area contributed by atoms with E-state index in [4.69, 9.17) is 4.98 Å². The van der Waals surface area contributed by atoms with E-state index in [-0.39, 0.29) is 10.8 Å².